The normalized spacial score (nSPS) is 14.4. The molecule has 2 aromatic rings. The Bertz CT molecular complexity index is 814. The van der Waals surface area contributed by atoms with Crippen molar-refractivity contribution in [1.29, 1.82) is 0 Å². The van der Waals surface area contributed by atoms with Crippen molar-refractivity contribution in [2.75, 3.05) is 39.8 Å². The van der Waals surface area contributed by atoms with E-state index in [1.54, 1.807) is 18.1 Å². The molecule has 0 aliphatic carbocycles. The van der Waals surface area contributed by atoms with Gasteiger partial charge in [-0.2, -0.15) is 0 Å². The molecule has 29 heavy (non-hydrogen) atoms. The lowest BCUT2D eigenvalue weighted by Crippen LogP contribution is -2.53. The monoisotopic (exact) mass is 513 g/mol. The van der Waals surface area contributed by atoms with E-state index >= 15 is 0 Å². The molecule has 1 aliphatic rings. The van der Waals surface area contributed by atoms with Crippen molar-refractivity contribution in [1.82, 2.24) is 20.1 Å². The van der Waals surface area contributed by atoms with Crippen molar-refractivity contribution in [3.63, 3.8) is 0 Å². The van der Waals surface area contributed by atoms with Crippen LogP contribution in [-0.4, -0.2) is 66.7 Å². The Morgan fingerprint density at radius 2 is 1.86 bits per heavy atom. The maximum Gasteiger partial charge on any atom is 0.409 e. The van der Waals surface area contributed by atoms with Crippen LogP contribution in [0.15, 0.2) is 39.9 Å². The van der Waals surface area contributed by atoms with Crippen LogP contribution in [0.3, 0.4) is 0 Å². The first-order valence-electron chi connectivity index (χ1n) is 9.49. The van der Waals surface area contributed by atoms with Gasteiger partial charge in [0.05, 0.1) is 19.3 Å². The number of carbonyl (C=O) groups is 1. The second kappa shape index (κ2) is 11.0. The third-order valence-electron chi connectivity index (χ3n) is 4.60. The molecule has 1 fully saturated rings. The van der Waals surface area contributed by atoms with Crippen LogP contribution in [0.4, 0.5) is 4.79 Å². The van der Waals surface area contributed by atoms with E-state index in [0.29, 0.717) is 45.2 Å². The van der Waals surface area contributed by atoms with Crippen LogP contribution in [0, 0.1) is 6.92 Å². The zero-order valence-electron chi connectivity index (χ0n) is 17.1. The highest BCUT2D eigenvalue weighted by Gasteiger charge is 2.23. The number of oxazole rings is 1. The van der Waals surface area contributed by atoms with Gasteiger partial charge < -0.3 is 24.3 Å². The van der Waals surface area contributed by atoms with Crippen molar-refractivity contribution in [2.45, 2.75) is 20.4 Å². The summed E-state index contributed by atoms with van der Waals surface area (Å²) in [6.45, 7) is 7.30. The van der Waals surface area contributed by atoms with Crippen molar-refractivity contribution in [3.05, 3.63) is 41.9 Å². The van der Waals surface area contributed by atoms with Gasteiger partial charge in [0.1, 0.15) is 0 Å². The zero-order valence-corrected chi connectivity index (χ0v) is 19.4. The number of aromatic nitrogens is 1. The number of hydrogen-bond donors (Lipinski definition) is 1. The van der Waals surface area contributed by atoms with Crippen molar-refractivity contribution >= 4 is 36.0 Å². The fourth-order valence-electron chi connectivity index (χ4n) is 3.05. The van der Waals surface area contributed by atoms with E-state index in [1.165, 1.54) is 5.56 Å². The van der Waals surface area contributed by atoms with Gasteiger partial charge in [-0.1, -0.05) is 29.8 Å². The highest BCUT2D eigenvalue weighted by molar-refractivity contribution is 14.0. The molecule has 3 rings (SSSR count). The van der Waals surface area contributed by atoms with Gasteiger partial charge in [0.15, 0.2) is 11.7 Å². The number of rotatable bonds is 4. The predicted molar refractivity (Wildman–Crippen MR) is 122 cm³/mol. The molecule has 8 nitrogen and oxygen atoms in total. The van der Waals surface area contributed by atoms with Gasteiger partial charge >= 0.3 is 6.09 Å². The molecular weight excluding hydrogens is 485 g/mol. The molecular formula is C20H28IN5O3. The maximum atomic E-state index is 11.8. The fraction of sp³-hybridized carbons (Fsp3) is 0.450. The number of nitrogens with one attached hydrogen (secondary N) is 1. The van der Waals surface area contributed by atoms with Gasteiger partial charge in [0.2, 0.25) is 5.89 Å². The molecule has 1 amide bonds. The average molecular weight is 513 g/mol. The van der Waals surface area contributed by atoms with Gasteiger partial charge in [-0.15, -0.1) is 24.0 Å². The minimum absolute atomic E-state index is 0. The van der Waals surface area contributed by atoms with E-state index in [2.05, 4.69) is 27.1 Å². The van der Waals surface area contributed by atoms with E-state index < -0.39 is 0 Å². The predicted octanol–water partition coefficient (Wildman–Crippen LogP) is 3.12. The Morgan fingerprint density at radius 1 is 1.21 bits per heavy atom. The molecule has 0 radical (unpaired) electrons. The topological polar surface area (TPSA) is 83.2 Å². The van der Waals surface area contributed by atoms with E-state index in [1.807, 2.05) is 31.2 Å². The second-order valence-electron chi connectivity index (χ2n) is 6.56. The third kappa shape index (κ3) is 6.09. The molecule has 2 heterocycles. The number of guanidine groups is 1. The number of aliphatic imine (C=N–C) groups is 1. The van der Waals surface area contributed by atoms with E-state index in [9.17, 15) is 4.79 Å². The number of hydrogen-bond acceptors (Lipinski definition) is 5. The summed E-state index contributed by atoms with van der Waals surface area (Å²) in [5.41, 5.74) is 2.21. The Balaban J connectivity index is 0.00000300. The number of aryl methyl sites for hydroxylation is 1. The molecule has 0 atom stereocenters. The smallest absolute Gasteiger partial charge is 0.409 e. The van der Waals surface area contributed by atoms with Crippen LogP contribution >= 0.6 is 24.0 Å². The maximum absolute atomic E-state index is 11.8. The Kier molecular flexibility index (Phi) is 8.74. The lowest BCUT2D eigenvalue weighted by Gasteiger charge is -2.35. The van der Waals surface area contributed by atoms with Crippen LogP contribution in [-0.2, 0) is 11.3 Å². The van der Waals surface area contributed by atoms with Crippen LogP contribution in [0.1, 0.15) is 18.4 Å². The summed E-state index contributed by atoms with van der Waals surface area (Å²) >= 11 is 0. The standard InChI is InChI=1S/C20H27N5O3.HI/c1-4-27-20(26)25-11-9-24(10-12-25)19(21-3)23-14-18-22-13-17(28-18)16-7-5-15(2)6-8-16;/h5-8,13H,4,9-12,14H2,1-3H3,(H,21,23);1H. The zero-order chi connectivity index (χ0) is 19.9. The minimum Gasteiger partial charge on any atom is -0.450 e. The number of carbonyl (C=O) groups excluding carboxylic acids is 1. The Labute approximate surface area is 188 Å². The SMILES string of the molecule is CCOC(=O)N1CCN(C(=NC)NCc2ncc(-c3ccc(C)cc3)o2)CC1.I. The Hall–Kier alpha value is -2.30. The molecule has 158 valence electrons. The first kappa shape index (κ1) is 23.0. The Morgan fingerprint density at radius 3 is 2.48 bits per heavy atom. The van der Waals surface area contributed by atoms with Crippen LogP contribution in [0.25, 0.3) is 11.3 Å². The molecule has 1 aromatic carbocycles. The van der Waals surface area contributed by atoms with Crippen LogP contribution in [0.2, 0.25) is 0 Å². The summed E-state index contributed by atoms with van der Waals surface area (Å²) in [6, 6.07) is 8.14. The van der Waals surface area contributed by atoms with E-state index in [0.717, 1.165) is 17.3 Å². The number of amides is 1. The fourth-order valence-corrected chi connectivity index (χ4v) is 3.05. The highest BCUT2D eigenvalue weighted by atomic mass is 127. The first-order valence-corrected chi connectivity index (χ1v) is 9.49. The number of piperazine rings is 1. The van der Waals surface area contributed by atoms with Crippen LogP contribution in [0.5, 0.6) is 0 Å². The van der Waals surface area contributed by atoms with Crippen molar-refractivity contribution in [3.8, 4) is 11.3 Å². The number of ether oxygens (including phenoxy) is 1. The lowest BCUT2D eigenvalue weighted by molar-refractivity contribution is 0.0914. The molecule has 0 unspecified atom stereocenters. The van der Waals surface area contributed by atoms with Gasteiger partial charge in [-0.3, -0.25) is 4.99 Å². The summed E-state index contributed by atoms with van der Waals surface area (Å²) < 4.78 is 10.9. The summed E-state index contributed by atoms with van der Waals surface area (Å²) in [6.07, 6.45) is 1.48. The number of benzene rings is 1. The average Bonchev–Trinajstić information content (AvgIpc) is 3.18. The third-order valence-corrected chi connectivity index (χ3v) is 4.60. The molecule has 0 spiro atoms. The summed E-state index contributed by atoms with van der Waals surface area (Å²) in [5.74, 6) is 2.11. The largest absolute Gasteiger partial charge is 0.450 e. The lowest BCUT2D eigenvalue weighted by atomic mass is 10.1. The van der Waals surface area contributed by atoms with Gasteiger partial charge in [-0.05, 0) is 13.8 Å². The minimum atomic E-state index is -0.256. The number of nitrogens with zero attached hydrogens (tertiary/aromatic N) is 4. The highest BCUT2D eigenvalue weighted by Crippen LogP contribution is 2.20. The quantitative estimate of drug-likeness (QED) is 0.385. The summed E-state index contributed by atoms with van der Waals surface area (Å²) in [7, 11) is 1.74. The molecule has 1 aliphatic heterocycles. The van der Waals surface area contributed by atoms with Gasteiger partial charge in [-0.25, -0.2) is 9.78 Å². The molecule has 1 N–H and O–H groups in total. The van der Waals surface area contributed by atoms with Crippen molar-refractivity contribution < 1.29 is 13.9 Å². The molecule has 0 bridgehead atoms. The van der Waals surface area contributed by atoms with E-state index in [4.69, 9.17) is 9.15 Å². The summed E-state index contributed by atoms with van der Waals surface area (Å²) in [5, 5.41) is 3.28. The number of halogens is 1. The molecule has 9 heteroatoms. The van der Waals surface area contributed by atoms with Crippen molar-refractivity contribution in [2.24, 2.45) is 4.99 Å². The van der Waals surface area contributed by atoms with Gasteiger partial charge in [0.25, 0.3) is 0 Å². The molecule has 0 saturated carbocycles. The van der Waals surface area contributed by atoms with Crippen LogP contribution < -0.4 is 5.32 Å². The van der Waals surface area contributed by atoms with Gasteiger partial charge in [0, 0.05) is 38.8 Å². The first-order chi connectivity index (χ1) is 13.6. The van der Waals surface area contributed by atoms with E-state index in [-0.39, 0.29) is 30.1 Å². The molecule has 1 aromatic heterocycles. The summed E-state index contributed by atoms with van der Waals surface area (Å²) in [4.78, 5) is 24.3. The second-order valence-corrected chi connectivity index (χ2v) is 6.56. The molecule has 1 saturated heterocycles.